The number of likely N-dealkylation sites (tertiary alicyclic amines) is 1. The fourth-order valence-electron chi connectivity index (χ4n) is 2.44. The van der Waals surface area contributed by atoms with Crippen LogP contribution in [-0.4, -0.2) is 29.0 Å². The molecule has 0 aromatic heterocycles. The van der Waals surface area contributed by atoms with Crippen molar-refractivity contribution < 1.29 is 9.90 Å². The predicted molar refractivity (Wildman–Crippen MR) is 72.0 cm³/mol. The summed E-state index contributed by atoms with van der Waals surface area (Å²) in [5.74, 6) is -0.0253. The molecule has 1 heterocycles. The number of phenols is 1. The summed E-state index contributed by atoms with van der Waals surface area (Å²) in [6.45, 7) is 5.82. The van der Waals surface area contributed by atoms with Crippen molar-refractivity contribution >= 4 is 17.5 Å². The molecule has 0 spiro atoms. The molecule has 1 N–H and O–H groups in total. The highest BCUT2D eigenvalue weighted by molar-refractivity contribution is 6.33. The lowest BCUT2D eigenvalue weighted by atomic mass is 9.84. The van der Waals surface area contributed by atoms with E-state index in [1.807, 2.05) is 4.90 Å². The lowest BCUT2D eigenvalue weighted by Crippen LogP contribution is -2.43. The Hall–Kier alpha value is -1.22. The van der Waals surface area contributed by atoms with E-state index >= 15 is 0 Å². The summed E-state index contributed by atoms with van der Waals surface area (Å²) >= 11 is 6.02. The Balaban J connectivity index is 2.23. The molecular weight excluding hydrogens is 250 g/mol. The minimum atomic E-state index is -0.0938. The molecule has 1 aromatic rings. The number of hydrogen-bond donors (Lipinski definition) is 1. The Kier molecular flexibility index (Phi) is 3.53. The third-order valence-corrected chi connectivity index (χ3v) is 3.70. The second-order valence-corrected chi connectivity index (χ2v) is 6.07. The van der Waals surface area contributed by atoms with E-state index in [0.29, 0.717) is 10.6 Å². The van der Waals surface area contributed by atoms with Crippen LogP contribution in [0.4, 0.5) is 0 Å². The van der Waals surface area contributed by atoms with Crippen molar-refractivity contribution in [2.45, 2.75) is 26.7 Å². The van der Waals surface area contributed by atoms with Gasteiger partial charge in [-0.1, -0.05) is 25.4 Å². The molecule has 2 rings (SSSR count). The maximum absolute atomic E-state index is 12.4. The van der Waals surface area contributed by atoms with Crippen LogP contribution in [0.5, 0.6) is 5.75 Å². The molecule has 98 valence electrons. The van der Waals surface area contributed by atoms with Gasteiger partial charge in [-0.25, -0.2) is 0 Å². The van der Waals surface area contributed by atoms with Gasteiger partial charge in [-0.05, 0) is 36.5 Å². The molecule has 0 saturated carbocycles. The van der Waals surface area contributed by atoms with Gasteiger partial charge in [0.1, 0.15) is 5.75 Å². The summed E-state index contributed by atoms with van der Waals surface area (Å²) in [4.78, 5) is 14.2. The Morgan fingerprint density at radius 1 is 1.44 bits per heavy atom. The average molecular weight is 268 g/mol. The third kappa shape index (κ3) is 2.78. The average Bonchev–Trinajstić information content (AvgIpc) is 2.30. The van der Waals surface area contributed by atoms with Gasteiger partial charge in [0.25, 0.3) is 5.91 Å². The number of carbonyl (C=O) groups excluding carboxylic acids is 1. The van der Waals surface area contributed by atoms with Gasteiger partial charge in [-0.2, -0.15) is 0 Å². The lowest BCUT2D eigenvalue weighted by Gasteiger charge is -2.38. The van der Waals surface area contributed by atoms with E-state index in [2.05, 4.69) is 13.8 Å². The van der Waals surface area contributed by atoms with Crippen molar-refractivity contribution in [3.05, 3.63) is 28.8 Å². The van der Waals surface area contributed by atoms with E-state index in [9.17, 15) is 9.90 Å². The van der Waals surface area contributed by atoms with Gasteiger partial charge in [0.05, 0.1) is 10.6 Å². The third-order valence-electron chi connectivity index (χ3n) is 3.37. The Morgan fingerprint density at radius 3 is 2.83 bits per heavy atom. The molecule has 3 nitrogen and oxygen atoms in total. The number of amides is 1. The van der Waals surface area contributed by atoms with Crippen molar-refractivity contribution in [2.24, 2.45) is 5.41 Å². The quantitative estimate of drug-likeness (QED) is 0.848. The van der Waals surface area contributed by atoms with Gasteiger partial charge in [-0.15, -0.1) is 0 Å². The predicted octanol–water partition coefficient (Wildman–Crippen LogP) is 3.31. The summed E-state index contributed by atoms with van der Waals surface area (Å²) in [5, 5.41) is 9.85. The topological polar surface area (TPSA) is 40.5 Å². The first-order valence-electron chi connectivity index (χ1n) is 6.17. The molecule has 18 heavy (non-hydrogen) atoms. The van der Waals surface area contributed by atoms with Crippen LogP contribution in [0.2, 0.25) is 5.02 Å². The number of aromatic hydroxyl groups is 1. The zero-order valence-electron chi connectivity index (χ0n) is 10.7. The van der Waals surface area contributed by atoms with Crippen LogP contribution in [0.15, 0.2) is 18.2 Å². The molecule has 0 radical (unpaired) electrons. The highest BCUT2D eigenvalue weighted by Crippen LogP contribution is 2.30. The van der Waals surface area contributed by atoms with Crippen LogP contribution < -0.4 is 0 Å². The summed E-state index contributed by atoms with van der Waals surface area (Å²) in [5.41, 5.74) is 0.534. The largest absolute Gasteiger partial charge is 0.508 e. The monoisotopic (exact) mass is 267 g/mol. The van der Waals surface area contributed by atoms with Gasteiger partial charge in [-0.3, -0.25) is 4.79 Å². The molecule has 0 unspecified atom stereocenters. The number of carbonyl (C=O) groups is 1. The molecule has 1 fully saturated rings. The van der Waals surface area contributed by atoms with Crippen LogP contribution in [0.25, 0.3) is 0 Å². The summed E-state index contributed by atoms with van der Waals surface area (Å²) < 4.78 is 0. The minimum Gasteiger partial charge on any atom is -0.508 e. The Bertz CT molecular complexity index is 471. The van der Waals surface area contributed by atoms with Crippen LogP contribution in [0.1, 0.15) is 37.0 Å². The highest BCUT2D eigenvalue weighted by Gasteiger charge is 2.30. The highest BCUT2D eigenvalue weighted by atomic mass is 35.5. The molecular formula is C14H18ClNO2. The number of hydrogen-bond acceptors (Lipinski definition) is 2. The van der Waals surface area contributed by atoms with Crippen molar-refractivity contribution in [3.63, 3.8) is 0 Å². The first kappa shape index (κ1) is 13.2. The van der Waals surface area contributed by atoms with E-state index in [1.165, 1.54) is 12.1 Å². The normalized spacial score (nSPS) is 18.7. The SMILES string of the molecule is CC1(C)CCCN(C(=O)c2cc(O)ccc2Cl)C1. The molecule has 0 bridgehead atoms. The van der Waals surface area contributed by atoms with Gasteiger partial charge in [0.15, 0.2) is 0 Å². The first-order chi connectivity index (χ1) is 8.39. The van der Waals surface area contributed by atoms with E-state index in [4.69, 9.17) is 11.6 Å². The summed E-state index contributed by atoms with van der Waals surface area (Å²) in [7, 11) is 0. The molecule has 1 aliphatic heterocycles. The van der Waals surface area contributed by atoms with Gasteiger partial charge in [0, 0.05) is 13.1 Å². The molecule has 0 aliphatic carbocycles. The Morgan fingerprint density at radius 2 is 2.17 bits per heavy atom. The molecule has 1 saturated heterocycles. The number of nitrogens with zero attached hydrogens (tertiary/aromatic N) is 1. The standard InChI is InChI=1S/C14H18ClNO2/c1-14(2)6-3-7-16(9-14)13(18)11-8-10(17)4-5-12(11)15/h4-5,8,17H,3,6-7,9H2,1-2H3. The fraction of sp³-hybridized carbons (Fsp3) is 0.500. The Labute approximate surface area is 112 Å². The zero-order valence-corrected chi connectivity index (χ0v) is 11.5. The first-order valence-corrected chi connectivity index (χ1v) is 6.55. The van der Waals surface area contributed by atoms with Gasteiger partial charge in [0.2, 0.25) is 0 Å². The number of benzene rings is 1. The lowest BCUT2D eigenvalue weighted by molar-refractivity contribution is 0.0583. The molecule has 1 aromatic carbocycles. The summed E-state index contributed by atoms with van der Waals surface area (Å²) in [6, 6.07) is 4.48. The van der Waals surface area contributed by atoms with E-state index in [1.54, 1.807) is 6.07 Å². The molecule has 1 aliphatic rings. The molecule has 1 amide bonds. The van der Waals surface area contributed by atoms with E-state index < -0.39 is 0 Å². The van der Waals surface area contributed by atoms with Crippen LogP contribution >= 0.6 is 11.6 Å². The van der Waals surface area contributed by atoms with Crippen molar-refractivity contribution in [2.75, 3.05) is 13.1 Å². The maximum Gasteiger partial charge on any atom is 0.255 e. The fourth-order valence-corrected chi connectivity index (χ4v) is 2.64. The smallest absolute Gasteiger partial charge is 0.255 e. The van der Waals surface area contributed by atoms with Crippen LogP contribution in [-0.2, 0) is 0 Å². The van der Waals surface area contributed by atoms with Gasteiger partial charge < -0.3 is 10.0 Å². The second-order valence-electron chi connectivity index (χ2n) is 5.66. The maximum atomic E-state index is 12.4. The van der Waals surface area contributed by atoms with E-state index in [-0.39, 0.29) is 17.1 Å². The minimum absolute atomic E-state index is 0.0685. The van der Waals surface area contributed by atoms with Crippen molar-refractivity contribution in [3.8, 4) is 5.75 Å². The second kappa shape index (κ2) is 4.81. The van der Waals surface area contributed by atoms with Crippen LogP contribution in [0.3, 0.4) is 0 Å². The summed E-state index contributed by atoms with van der Waals surface area (Å²) in [6.07, 6.45) is 2.14. The number of phenolic OH excluding ortho intramolecular Hbond substituents is 1. The number of rotatable bonds is 1. The zero-order chi connectivity index (χ0) is 13.3. The van der Waals surface area contributed by atoms with Gasteiger partial charge >= 0.3 is 0 Å². The van der Waals surface area contributed by atoms with E-state index in [0.717, 1.165) is 25.9 Å². The molecule has 0 atom stereocenters. The van der Waals surface area contributed by atoms with Crippen LogP contribution in [0, 0.1) is 5.41 Å². The van der Waals surface area contributed by atoms with Crippen molar-refractivity contribution in [1.29, 1.82) is 0 Å². The number of piperidine rings is 1. The van der Waals surface area contributed by atoms with Crippen molar-refractivity contribution in [1.82, 2.24) is 4.90 Å². The number of halogens is 1. The molecule has 4 heteroatoms.